The van der Waals surface area contributed by atoms with Crippen LogP contribution in [0, 0.1) is 19.7 Å². The molecular weight excluding hydrogens is 278 g/mol. The lowest BCUT2D eigenvalue weighted by atomic mass is 10.2. The van der Waals surface area contributed by atoms with Crippen molar-refractivity contribution in [1.29, 1.82) is 0 Å². The standard InChI is InChI=1S/C12H9Cl2FN2O/c1-6-7(2)12(17-16-11(6)14)18-10-4-3-8(15)5-9(10)13/h3-5H,1-2H3. The summed E-state index contributed by atoms with van der Waals surface area (Å²) >= 11 is 11.7. The van der Waals surface area contributed by atoms with Crippen molar-refractivity contribution in [2.24, 2.45) is 0 Å². The molecule has 0 amide bonds. The quantitative estimate of drug-likeness (QED) is 0.824. The van der Waals surface area contributed by atoms with Gasteiger partial charge >= 0.3 is 0 Å². The van der Waals surface area contributed by atoms with Crippen LogP contribution in [0.4, 0.5) is 4.39 Å². The van der Waals surface area contributed by atoms with Crippen molar-refractivity contribution < 1.29 is 9.13 Å². The maximum absolute atomic E-state index is 12.9. The maximum Gasteiger partial charge on any atom is 0.242 e. The van der Waals surface area contributed by atoms with Crippen LogP contribution in [-0.4, -0.2) is 10.2 Å². The van der Waals surface area contributed by atoms with Crippen molar-refractivity contribution in [2.45, 2.75) is 13.8 Å². The number of aromatic nitrogens is 2. The Kier molecular flexibility index (Phi) is 3.68. The first-order chi connectivity index (χ1) is 8.49. The van der Waals surface area contributed by atoms with E-state index in [1.54, 1.807) is 0 Å². The zero-order valence-electron chi connectivity index (χ0n) is 9.67. The Hall–Kier alpha value is -1.39. The molecule has 0 saturated carbocycles. The number of halogens is 3. The van der Waals surface area contributed by atoms with Crippen LogP contribution in [-0.2, 0) is 0 Å². The van der Waals surface area contributed by atoms with Crippen molar-refractivity contribution in [1.82, 2.24) is 10.2 Å². The van der Waals surface area contributed by atoms with Crippen LogP contribution >= 0.6 is 23.2 Å². The van der Waals surface area contributed by atoms with E-state index in [1.165, 1.54) is 18.2 Å². The van der Waals surface area contributed by atoms with E-state index in [4.69, 9.17) is 27.9 Å². The highest BCUT2D eigenvalue weighted by Gasteiger charge is 2.12. The fourth-order valence-corrected chi connectivity index (χ4v) is 1.70. The van der Waals surface area contributed by atoms with Crippen molar-refractivity contribution >= 4 is 23.2 Å². The molecule has 0 bridgehead atoms. The van der Waals surface area contributed by atoms with E-state index in [-0.39, 0.29) is 5.02 Å². The molecule has 0 unspecified atom stereocenters. The van der Waals surface area contributed by atoms with Gasteiger partial charge in [0.05, 0.1) is 5.02 Å². The second kappa shape index (κ2) is 5.08. The van der Waals surface area contributed by atoms with E-state index in [1.807, 2.05) is 13.8 Å². The lowest BCUT2D eigenvalue weighted by Gasteiger charge is -2.10. The summed E-state index contributed by atoms with van der Waals surface area (Å²) in [4.78, 5) is 0. The monoisotopic (exact) mass is 286 g/mol. The molecule has 1 heterocycles. The van der Waals surface area contributed by atoms with Gasteiger partial charge in [-0.15, -0.1) is 10.2 Å². The fraction of sp³-hybridized carbons (Fsp3) is 0.167. The summed E-state index contributed by atoms with van der Waals surface area (Å²) in [6.45, 7) is 3.62. The first-order valence-corrected chi connectivity index (χ1v) is 5.87. The third-order valence-electron chi connectivity index (χ3n) is 2.52. The second-order valence-corrected chi connectivity index (χ2v) is 4.49. The van der Waals surface area contributed by atoms with Gasteiger partial charge in [0, 0.05) is 5.56 Å². The summed E-state index contributed by atoms with van der Waals surface area (Å²) in [5.41, 5.74) is 1.54. The number of hydrogen-bond acceptors (Lipinski definition) is 3. The Morgan fingerprint density at radius 1 is 1.11 bits per heavy atom. The van der Waals surface area contributed by atoms with Crippen LogP contribution < -0.4 is 4.74 Å². The van der Waals surface area contributed by atoms with Gasteiger partial charge in [0.15, 0.2) is 5.15 Å². The molecule has 0 aliphatic heterocycles. The molecule has 2 aromatic rings. The van der Waals surface area contributed by atoms with Crippen LogP contribution in [0.2, 0.25) is 10.2 Å². The number of ether oxygens (including phenoxy) is 1. The average Bonchev–Trinajstić information content (AvgIpc) is 2.33. The summed E-state index contributed by atoms with van der Waals surface area (Å²) in [7, 11) is 0. The van der Waals surface area contributed by atoms with Crippen molar-refractivity contribution in [2.75, 3.05) is 0 Å². The summed E-state index contributed by atoms with van der Waals surface area (Å²) in [5, 5.41) is 8.09. The van der Waals surface area contributed by atoms with E-state index in [2.05, 4.69) is 10.2 Å². The molecule has 0 radical (unpaired) electrons. The van der Waals surface area contributed by atoms with Crippen LogP contribution in [0.3, 0.4) is 0 Å². The van der Waals surface area contributed by atoms with Crippen LogP contribution in [0.1, 0.15) is 11.1 Å². The van der Waals surface area contributed by atoms with Crippen LogP contribution in [0.5, 0.6) is 11.6 Å². The predicted molar refractivity (Wildman–Crippen MR) is 68.0 cm³/mol. The van der Waals surface area contributed by atoms with Gasteiger partial charge in [-0.05, 0) is 37.6 Å². The molecule has 94 valence electrons. The topological polar surface area (TPSA) is 35.0 Å². The number of hydrogen-bond donors (Lipinski definition) is 0. The third kappa shape index (κ3) is 2.54. The minimum Gasteiger partial charge on any atom is -0.436 e. The molecular formula is C12H9Cl2FN2O. The average molecular weight is 287 g/mol. The lowest BCUT2D eigenvalue weighted by Crippen LogP contribution is -1.98. The van der Waals surface area contributed by atoms with Gasteiger partial charge in [-0.3, -0.25) is 0 Å². The van der Waals surface area contributed by atoms with Crippen molar-refractivity contribution in [3.8, 4) is 11.6 Å². The fourth-order valence-electron chi connectivity index (χ4n) is 1.31. The molecule has 1 aromatic heterocycles. The predicted octanol–water partition coefficient (Wildman–Crippen LogP) is 4.33. The van der Waals surface area contributed by atoms with Gasteiger partial charge in [-0.1, -0.05) is 23.2 Å². The van der Waals surface area contributed by atoms with Gasteiger partial charge < -0.3 is 4.74 Å². The molecule has 0 fully saturated rings. The Morgan fingerprint density at radius 2 is 1.83 bits per heavy atom. The minimum absolute atomic E-state index is 0.170. The Balaban J connectivity index is 2.37. The molecule has 0 spiro atoms. The summed E-state index contributed by atoms with van der Waals surface area (Å²) in [6, 6.07) is 3.86. The van der Waals surface area contributed by atoms with Crippen LogP contribution in [0.15, 0.2) is 18.2 Å². The third-order valence-corrected chi connectivity index (χ3v) is 3.18. The summed E-state index contributed by atoms with van der Waals surface area (Å²) < 4.78 is 18.4. The number of rotatable bonds is 2. The zero-order valence-corrected chi connectivity index (χ0v) is 11.2. The van der Waals surface area contributed by atoms with E-state index in [0.717, 1.165) is 11.1 Å². The molecule has 1 aromatic carbocycles. The highest BCUT2D eigenvalue weighted by atomic mass is 35.5. The zero-order chi connectivity index (χ0) is 13.3. The molecule has 2 rings (SSSR count). The number of nitrogens with zero attached hydrogens (tertiary/aromatic N) is 2. The van der Waals surface area contributed by atoms with E-state index >= 15 is 0 Å². The maximum atomic E-state index is 12.9. The van der Waals surface area contributed by atoms with Gasteiger partial charge in [0.1, 0.15) is 11.6 Å². The minimum atomic E-state index is -0.428. The highest BCUT2D eigenvalue weighted by Crippen LogP contribution is 2.31. The molecule has 18 heavy (non-hydrogen) atoms. The summed E-state index contributed by atoms with van der Waals surface area (Å²) in [6.07, 6.45) is 0. The molecule has 0 N–H and O–H groups in total. The molecule has 0 atom stereocenters. The smallest absolute Gasteiger partial charge is 0.242 e. The van der Waals surface area contributed by atoms with E-state index in [9.17, 15) is 4.39 Å². The molecule has 0 aliphatic carbocycles. The van der Waals surface area contributed by atoms with Crippen LogP contribution in [0.25, 0.3) is 0 Å². The lowest BCUT2D eigenvalue weighted by molar-refractivity contribution is 0.449. The molecule has 6 heteroatoms. The summed E-state index contributed by atoms with van der Waals surface area (Å²) in [5.74, 6) is 0.185. The molecule has 3 nitrogen and oxygen atoms in total. The van der Waals surface area contributed by atoms with Gasteiger partial charge in [-0.2, -0.15) is 0 Å². The van der Waals surface area contributed by atoms with Gasteiger partial charge in [0.2, 0.25) is 5.88 Å². The normalized spacial score (nSPS) is 10.5. The Morgan fingerprint density at radius 3 is 2.50 bits per heavy atom. The highest BCUT2D eigenvalue weighted by molar-refractivity contribution is 6.32. The van der Waals surface area contributed by atoms with E-state index < -0.39 is 5.82 Å². The molecule has 0 aliphatic rings. The Labute approximate surface area is 114 Å². The second-order valence-electron chi connectivity index (χ2n) is 3.72. The van der Waals surface area contributed by atoms with Crippen molar-refractivity contribution in [3.05, 3.63) is 45.3 Å². The molecule has 0 saturated heterocycles. The first kappa shape index (κ1) is 13.1. The first-order valence-electron chi connectivity index (χ1n) is 5.11. The van der Waals surface area contributed by atoms with Gasteiger partial charge in [0.25, 0.3) is 0 Å². The number of benzene rings is 1. The SMILES string of the molecule is Cc1c(Cl)nnc(Oc2ccc(F)cc2Cl)c1C. The van der Waals surface area contributed by atoms with E-state index in [0.29, 0.717) is 16.8 Å². The van der Waals surface area contributed by atoms with Crippen molar-refractivity contribution in [3.63, 3.8) is 0 Å². The largest absolute Gasteiger partial charge is 0.436 e. The van der Waals surface area contributed by atoms with Gasteiger partial charge in [-0.25, -0.2) is 4.39 Å². The Bertz CT molecular complexity index is 605.